The Bertz CT molecular complexity index is 655. The van der Waals surface area contributed by atoms with E-state index in [4.69, 9.17) is 4.74 Å². The van der Waals surface area contributed by atoms with Crippen molar-refractivity contribution < 1.29 is 14.6 Å². The molecule has 0 saturated carbocycles. The number of amides is 1. The summed E-state index contributed by atoms with van der Waals surface area (Å²) >= 11 is 1.40. The molecule has 0 radical (unpaired) electrons. The third kappa shape index (κ3) is 5.02. The SMILES string of the molecule is COCCNC(=O)[C@@H](Nc1nc(-c2ccc(C)cc2)cs1)[C@@H](C)O. The van der Waals surface area contributed by atoms with Crippen LogP contribution >= 0.6 is 11.3 Å². The van der Waals surface area contributed by atoms with Crippen LogP contribution in [0, 0.1) is 6.92 Å². The molecule has 2 atom stereocenters. The zero-order valence-electron chi connectivity index (χ0n) is 14.1. The van der Waals surface area contributed by atoms with Gasteiger partial charge in [-0.2, -0.15) is 0 Å². The maximum atomic E-state index is 12.2. The van der Waals surface area contributed by atoms with Gasteiger partial charge in [-0.15, -0.1) is 11.3 Å². The van der Waals surface area contributed by atoms with Gasteiger partial charge in [-0.1, -0.05) is 29.8 Å². The monoisotopic (exact) mass is 349 g/mol. The van der Waals surface area contributed by atoms with Crippen LogP contribution in [0.4, 0.5) is 5.13 Å². The van der Waals surface area contributed by atoms with Crippen LogP contribution in [0.3, 0.4) is 0 Å². The molecule has 0 aliphatic heterocycles. The second kappa shape index (κ2) is 8.77. The van der Waals surface area contributed by atoms with E-state index in [0.717, 1.165) is 11.3 Å². The van der Waals surface area contributed by atoms with Gasteiger partial charge in [0.05, 0.1) is 18.4 Å². The minimum absolute atomic E-state index is 0.283. The Morgan fingerprint density at radius 3 is 2.71 bits per heavy atom. The minimum atomic E-state index is -0.848. The molecule has 0 bridgehead atoms. The number of aliphatic hydroxyl groups is 1. The number of anilines is 1. The summed E-state index contributed by atoms with van der Waals surface area (Å²) in [5.41, 5.74) is 3.05. The van der Waals surface area contributed by atoms with E-state index in [1.54, 1.807) is 14.0 Å². The normalized spacial score (nSPS) is 13.3. The fraction of sp³-hybridized carbons (Fsp3) is 0.412. The number of methoxy groups -OCH3 is 1. The molecule has 1 aromatic carbocycles. The summed E-state index contributed by atoms with van der Waals surface area (Å²) < 4.78 is 4.90. The number of aromatic nitrogens is 1. The molecular formula is C17H23N3O3S. The summed E-state index contributed by atoms with van der Waals surface area (Å²) in [5, 5.41) is 18.1. The van der Waals surface area contributed by atoms with E-state index in [1.165, 1.54) is 16.9 Å². The number of hydrogen-bond donors (Lipinski definition) is 3. The van der Waals surface area contributed by atoms with Crippen LogP contribution in [0.25, 0.3) is 11.3 Å². The van der Waals surface area contributed by atoms with E-state index >= 15 is 0 Å². The molecule has 1 amide bonds. The lowest BCUT2D eigenvalue weighted by Gasteiger charge is -2.20. The van der Waals surface area contributed by atoms with E-state index < -0.39 is 12.1 Å². The van der Waals surface area contributed by atoms with Crippen LogP contribution in [0.2, 0.25) is 0 Å². The van der Waals surface area contributed by atoms with Gasteiger partial charge in [-0.3, -0.25) is 4.79 Å². The van der Waals surface area contributed by atoms with E-state index in [0.29, 0.717) is 18.3 Å². The third-order valence-corrected chi connectivity index (χ3v) is 4.27. The molecule has 2 aromatic rings. The number of nitrogens with zero attached hydrogens (tertiary/aromatic N) is 1. The van der Waals surface area contributed by atoms with Gasteiger partial charge in [0.1, 0.15) is 6.04 Å². The Kier molecular flexibility index (Phi) is 6.72. The summed E-state index contributed by atoms with van der Waals surface area (Å²) in [6.07, 6.45) is -0.848. The molecule has 3 N–H and O–H groups in total. The van der Waals surface area contributed by atoms with Crippen LogP contribution < -0.4 is 10.6 Å². The lowest BCUT2D eigenvalue weighted by molar-refractivity contribution is -0.123. The number of carbonyl (C=O) groups excluding carboxylic acids is 1. The highest BCUT2D eigenvalue weighted by atomic mass is 32.1. The molecule has 130 valence electrons. The Balaban J connectivity index is 2.04. The second-order valence-corrected chi connectivity index (χ2v) is 6.41. The summed E-state index contributed by atoms with van der Waals surface area (Å²) in [6, 6.07) is 7.32. The molecule has 2 rings (SSSR count). The largest absolute Gasteiger partial charge is 0.391 e. The highest BCUT2D eigenvalue weighted by molar-refractivity contribution is 7.14. The van der Waals surface area contributed by atoms with Gasteiger partial charge in [0, 0.05) is 24.6 Å². The lowest BCUT2D eigenvalue weighted by atomic mass is 10.1. The standard InChI is InChI=1S/C17H23N3O3S/c1-11-4-6-13(7-5-11)14-10-24-17(19-14)20-15(12(2)21)16(22)18-8-9-23-3/h4-7,10,12,15,21H,8-9H2,1-3H3,(H,18,22)(H,19,20)/t12-,15+/m1/s1. The van der Waals surface area contributed by atoms with Crippen LogP contribution in [0.15, 0.2) is 29.6 Å². The van der Waals surface area contributed by atoms with E-state index in [9.17, 15) is 9.90 Å². The number of hydrogen-bond acceptors (Lipinski definition) is 6. The van der Waals surface area contributed by atoms with Crippen molar-refractivity contribution in [1.82, 2.24) is 10.3 Å². The summed E-state index contributed by atoms with van der Waals surface area (Å²) in [5.74, 6) is -0.283. The van der Waals surface area contributed by atoms with Crippen molar-refractivity contribution in [2.24, 2.45) is 0 Å². The molecule has 0 unspecified atom stereocenters. The Labute approximate surface area is 145 Å². The molecule has 0 saturated heterocycles. The fourth-order valence-corrected chi connectivity index (χ4v) is 2.88. The lowest BCUT2D eigenvalue weighted by Crippen LogP contribution is -2.46. The van der Waals surface area contributed by atoms with Crippen LogP contribution in [-0.2, 0) is 9.53 Å². The Hall–Kier alpha value is -1.96. The second-order valence-electron chi connectivity index (χ2n) is 5.55. The van der Waals surface area contributed by atoms with Gasteiger partial charge in [0.25, 0.3) is 0 Å². The molecule has 0 aliphatic rings. The predicted octanol–water partition coefficient (Wildman–Crippen LogP) is 2.04. The van der Waals surface area contributed by atoms with Crippen molar-refractivity contribution in [2.75, 3.05) is 25.6 Å². The van der Waals surface area contributed by atoms with Gasteiger partial charge < -0.3 is 20.5 Å². The zero-order chi connectivity index (χ0) is 17.5. The topological polar surface area (TPSA) is 83.5 Å². The van der Waals surface area contributed by atoms with E-state index in [-0.39, 0.29) is 5.91 Å². The molecule has 6 nitrogen and oxygen atoms in total. The van der Waals surface area contributed by atoms with Crippen molar-refractivity contribution in [2.45, 2.75) is 26.0 Å². The number of ether oxygens (including phenoxy) is 1. The number of carbonyl (C=O) groups is 1. The molecule has 0 spiro atoms. The van der Waals surface area contributed by atoms with Crippen molar-refractivity contribution in [3.8, 4) is 11.3 Å². The van der Waals surface area contributed by atoms with Gasteiger partial charge in [-0.25, -0.2) is 4.98 Å². The summed E-state index contributed by atoms with van der Waals surface area (Å²) in [7, 11) is 1.57. The molecule has 1 aromatic heterocycles. The summed E-state index contributed by atoms with van der Waals surface area (Å²) in [4.78, 5) is 16.7. The van der Waals surface area contributed by atoms with Gasteiger partial charge >= 0.3 is 0 Å². The van der Waals surface area contributed by atoms with E-state index in [2.05, 4.69) is 15.6 Å². The zero-order valence-corrected chi connectivity index (χ0v) is 14.9. The maximum Gasteiger partial charge on any atom is 0.245 e. The highest BCUT2D eigenvalue weighted by Crippen LogP contribution is 2.25. The first-order valence-electron chi connectivity index (χ1n) is 7.75. The molecule has 0 aliphatic carbocycles. The number of aryl methyl sites for hydroxylation is 1. The number of benzene rings is 1. The van der Waals surface area contributed by atoms with Crippen LogP contribution in [-0.4, -0.2) is 48.4 Å². The molecule has 24 heavy (non-hydrogen) atoms. The van der Waals surface area contributed by atoms with Crippen LogP contribution in [0.5, 0.6) is 0 Å². The highest BCUT2D eigenvalue weighted by Gasteiger charge is 2.24. The number of nitrogens with one attached hydrogen (secondary N) is 2. The maximum absolute atomic E-state index is 12.2. The van der Waals surface area contributed by atoms with E-state index in [1.807, 2.05) is 36.6 Å². The molecular weight excluding hydrogens is 326 g/mol. The molecule has 1 heterocycles. The predicted molar refractivity (Wildman–Crippen MR) is 96.3 cm³/mol. The number of aliphatic hydroxyl groups excluding tert-OH is 1. The third-order valence-electron chi connectivity index (χ3n) is 3.50. The molecule has 7 heteroatoms. The van der Waals surface area contributed by atoms with Crippen molar-refractivity contribution >= 4 is 22.4 Å². The molecule has 0 fully saturated rings. The first-order valence-corrected chi connectivity index (χ1v) is 8.63. The first kappa shape index (κ1) is 18.4. The van der Waals surface area contributed by atoms with Crippen molar-refractivity contribution in [3.05, 3.63) is 35.2 Å². The minimum Gasteiger partial charge on any atom is -0.391 e. The van der Waals surface area contributed by atoms with Crippen molar-refractivity contribution in [1.29, 1.82) is 0 Å². The number of thiazole rings is 1. The van der Waals surface area contributed by atoms with Crippen LogP contribution in [0.1, 0.15) is 12.5 Å². The van der Waals surface area contributed by atoms with Crippen molar-refractivity contribution in [3.63, 3.8) is 0 Å². The van der Waals surface area contributed by atoms with Gasteiger partial charge in [0.2, 0.25) is 5.91 Å². The average molecular weight is 349 g/mol. The Morgan fingerprint density at radius 1 is 1.38 bits per heavy atom. The average Bonchev–Trinajstić information content (AvgIpc) is 3.02. The summed E-state index contributed by atoms with van der Waals surface area (Å²) in [6.45, 7) is 4.43. The quantitative estimate of drug-likeness (QED) is 0.635. The van der Waals surface area contributed by atoms with Gasteiger partial charge in [0.15, 0.2) is 5.13 Å². The first-order chi connectivity index (χ1) is 11.5. The van der Waals surface area contributed by atoms with Gasteiger partial charge in [-0.05, 0) is 13.8 Å². The number of rotatable bonds is 8. The fourth-order valence-electron chi connectivity index (χ4n) is 2.12. The smallest absolute Gasteiger partial charge is 0.245 e. The Morgan fingerprint density at radius 2 is 2.08 bits per heavy atom.